The van der Waals surface area contributed by atoms with Gasteiger partial charge in [0.2, 0.25) is 5.91 Å². The number of aromatic nitrogens is 1. The lowest BCUT2D eigenvalue weighted by atomic mass is 9.95. The molecule has 0 aliphatic rings. The zero-order chi connectivity index (χ0) is 11.7. The molecule has 3 heteroatoms. The normalized spacial score (nSPS) is 12.9. The van der Waals surface area contributed by atoms with Crippen LogP contribution in [0.3, 0.4) is 0 Å². The van der Waals surface area contributed by atoms with Crippen LogP contribution in [0, 0.1) is 0 Å². The van der Waals surface area contributed by atoms with Gasteiger partial charge in [0.05, 0.1) is 5.92 Å². The number of nitrogens with zero attached hydrogens (tertiary/aromatic N) is 1. The van der Waals surface area contributed by atoms with E-state index in [9.17, 15) is 4.79 Å². The quantitative estimate of drug-likeness (QED) is 0.839. The molecule has 1 heterocycles. The lowest BCUT2D eigenvalue weighted by Gasteiger charge is -2.09. The SMILES string of the molecule is CCC(C(N)=O)c1cn(C)c2ccccc12. The molecule has 1 aromatic heterocycles. The van der Waals surface area contributed by atoms with Crippen molar-refractivity contribution < 1.29 is 4.79 Å². The number of para-hydroxylation sites is 1. The third-order valence-corrected chi connectivity index (χ3v) is 3.05. The second-order valence-corrected chi connectivity index (χ2v) is 4.08. The van der Waals surface area contributed by atoms with E-state index in [2.05, 4.69) is 0 Å². The molecule has 2 aromatic rings. The summed E-state index contributed by atoms with van der Waals surface area (Å²) in [5.74, 6) is -0.440. The summed E-state index contributed by atoms with van der Waals surface area (Å²) in [7, 11) is 1.99. The Morgan fingerprint density at radius 3 is 2.75 bits per heavy atom. The van der Waals surface area contributed by atoms with E-state index in [-0.39, 0.29) is 11.8 Å². The first kappa shape index (κ1) is 10.7. The summed E-state index contributed by atoms with van der Waals surface area (Å²) in [6, 6.07) is 8.07. The van der Waals surface area contributed by atoms with Crippen molar-refractivity contribution in [1.29, 1.82) is 0 Å². The third-order valence-electron chi connectivity index (χ3n) is 3.05. The van der Waals surface area contributed by atoms with E-state index in [4.69, 9.17) is 5.73 Å². The molecule has 0 radical (unpaired) electrons. The van der Waals surface area contributed by atoms with E-state index in [1.807, 2.05) is 49.0 Å². The zero-order valence-corrected chi connectivity index (χ0v) is 9.60. The molecule has 0 saturated carbocycles. The van der Waals surface area contributed by atoms with Crippen LogP contribution >= 0.6 is 0 Å². The highest BCUT2D eigenvalue weighted by Crippen LogP contribution is 2.28. The number of primary amides is 1. The minimum atomic E-state index is -0.251. The molecule has 0 saturated heterocycles. The second-order valence-electron chi connectivity index (χ2n) is 4.08. The number of carbonyl (C=O) groups excluding carboxylic acids is 1. The fraction of sp³-hybridized carbons (Fsp3) is 0.308. The van der Waals surface area contributed by atoms with E-state index in [1.165, 1.54) is 0 Å². The van der Waals surface area contributed by atoms with Crippen molar-refractivity contribution >= 4 is 16.8 Å². The number of nitrogens with two attached hydrogens (primary N) is 1. The van der Waals surface area contributed by atoms with Crippen molar-refractivity contribution in [3.05, 3.63) is 36.0 Å². The molecular weight excluding hydrogens is 200 g/mol. The minimum Gasteiger partial charge on any atom is -0.369 e. The monoisotopic (exact) mass is 216 g/mol. The van der Waals surface area contributed by atoms with Crippen LogP contribution < -0.4 is 5.73 Å². The van der Waals surface area contributed by atoms with E-state index in [0.29, 0.717) is 0 Å². The Bertz CT molecular complexity index is 528. The van der Waals surface area contributed by atoms with E-state index >= 15 is 0 Å². The van der Waals surface area contributed by atoms with Gasteiger partial charge >= 0.3 is 0 Å². The molecule has 3 nitrogen and oxygen atoms in total. The number of benzene rings is 1. The lowest BCUT2D eigenvalue weighted by Crippen LogP contribution is -2.20. The number of fused-ring (bicyclic) bond motifs is 1. The van der Waals surface area contributed by atoms with Crippen molar-refractivity contribution in [3.63, 3.8) is 0 Å². The summed E-state index contributed by atoms with van der Waals surface area (Å²) in [5, 5.41) is 1.12. The van der Waals surface area contributed by atoms with Gasteiger partial charge in [0, 0.05) is 24.1 Å². The Kier molecular flexibility index (Phi) is 2.69. The van der Waals surface area contributed by atoms with Crippen LogP contribution in [0.5, 0.6) is 0 Å². The number of carbonyl (C=O) groups is 1. The Morgan fingerprint density at radius 1 is 1.44 bits per heavy atom. The number of hydrogen-bond donors (Lipinski definition) is 1. The lowest BCUT2D eigenvalue weighted by molar-refractivity contribution is -0.119. The van der Waals surface area contributed by atoms with Gasteiger partial charge in [-0.1, -0.05) is 25.1 Å². The average molecular weight is 216 g/mol. The topological polar surface area (TPSA) is 48.0 Å². The predicted octanol–water partition coefficient (Wildman–Crippen LogP) is 2.16. The first-order valence-electron chi connectivity index (χ1n) is 5.48. The van der Waals surface area contributed by atoms with Crippen LogP contribution in [-0.2, 0) is 11.8 Å². The van der Waals surface area contributed by atoms with Crippen molar-refractivity contribution in [3.8, 4) is 0 Å². The molecular formula is C13H16N2O. The van der Waals surface area contributed by atoms with Crippen LogP contribution in [0.2, 0.25) is 0 Å². The van der Waals surface area contributed by atoms with Crippen molar-refractivity contribution in [2.24, 2.45) is 12.8 Å². The minimum absolute atomic E-state index is 0.189. The van der Waals surface area contributed by atoms with Crippen LogP contribution in [0.15, 0.2) is 30.5 Å². The maximum atomic E-state index is 11.4. The summed E-state index contributed by atoms with van der Waals surface area (Å²) in [6.07, 6.45) is 2.74. The molecule has 2 N–H and O–H groups in total. The van der Waals surface area contributed by atoms with Crippen LogP contribution in [0.1, 0.15) is 24.8 Å². The van der Waals surface area contributed by atoms with Gasteiger partial charge in [-0.15, -0.1) is 0 Å². The Balaban J connectivity index is 2.64. The molecule has 84 valence electrons. The van der Waals surface area contributed by atoms with Gasteiger partial charge in [0.15, 0.2) is 0 Å². The second kappa shape index (κ2) is 4.00. The molecule has 16 heavy (non-hydrogen) atoms. The summed E-state index contributed by atoms with van der Waals surface area (Å²) in [5.41, 5.74) is 7.60. The highest BCUT2D eigenvalue weighted by molar-refractivity contribution is 5.91. The highest BCUT2D eigenvalue weighted by atomic mass is 16.1. The Labute approximate surface area is 94.9 Å². The summed E-state index contributed by atoms with van der Waals surface area (Å²) in [6.45, 7) is 1.98. The van der Waals surface area contributed by atoms with Gasteiger partial charge in [-0.25, -0.2) is 0 Å². The number of rotatable bonds is 3. The van der Waals surface area contributed by atoms with E-state index < -0.39 is 0 Å². The molecule has 0 aliphatic heterocycles. The molecule has 0 fully saturated rings. The molecule has 1 amide bonds. The first-order chi connectivity index (χ1) is 7.65. The molecule has 0 aliphatic carbocycles. The summed E-state index contributed by atoms with van der Waals surface area (Å²) < 4.78 is 2.04. The molecule has 0 bridgehead atoms. The number of aryl methyl sites for hydroxylation is 1. The molecule has 0 spiro atoms. The molecule has 1 aromatic carbocycles. The van der Waals surface area contributed by atoms with Crippen molar-refractivity contribution in [2.45, 2.75) is 19.3 Å². The zero-order valence-electron chi connectivity index (χ0n) is 9.60. The van der Waals surface area contributed by atoms with Crippen LogP contribution in [0.25, 0.3) is 10.9 Å². The highest BCUT2D eigenvalue weighted by Gasteiger charge is 2.19. The van der Waals surface area contributed by atoms with Gasteiger partial charge in [-0.2, -0.15) is 0 Å². The van der Waals surface area contributed by atoms with E-state index in [1.54, 1.807) is 0 Å². The maximum Gasteiger partial charge on any atom is 0.225 e. The maximum absolute atomic E-state index is 11.4. The van der Waals surface area contributed by atoms with Gasteiger partial charge in [0.1, 0.15) is 0 Å². The van der Waals surface area contributed by atoms with E-state index in [0.717, 1.165) is 22.9 Å². The van der Waals surface area contributed by atoms with Crippen LogP contribution in [0.4, 0.5) is 0 Å². The Morgan fingerprint density at radius 2 is 2.12 bits per heavy atom. The largest absolute Gasteiger partial charge is 0.369 e. The molecule has 2 rings (SSSR count). The summed E-state index contributed by atoms with van der Waals surface area (Å²) >= 11 is 0. The van der Waals surface area contributed by atoms with Crippen molar-refractivity contribution in [2.75, 3.05) is 0 Å². The smallest absolute Gasteiger partial charge is 0.225 e. The third kappa shape index (κ3) is 1.58. The average Bonchev–Trinajstić information content (AvgIpc) is 2.58. The summed E-state index contributed by atoms with van der Waals surface area (Å²) in [4.78, 5) is 11.4. The number of amides is 1. The van der Waals surface area contributed by atoms with Crippen molar-refractivity contribution in [1.82, 2.24) is 4.57 Å². The predicted molar refractivity (Wildman–Crippen MR) is 65.1 cm³/mol. The van der Waals surface area contributed by atoms with Gasteiger partial charge in [-0.05, 0) is 18.1 Å². The fourth-order valence-corrected chi connectivity index (χ4v) is 2.23. The van der Waals surface area contributed by atoms with Crippen LogP contribution in [-0.4, -0.2) is 10.5 Å². The van der Waals surface area contributed by atoms with Gasteiger partial charge in [0.25, 0.3) is 0 Å². The molecule has 1 unspecified atom stereocenters. The fourth-order valence-electron chi connectivity index (χ4n) is 2.23. The number of hydrogen-bond acceptors (Lipinski definition) is 1. The Hall–Kier alpha value is -1.77. The van der Waals surface area contributed by atoms with Gasteiger partial charge in [-0.3, -0.25) is 4.79 Å². The first-order valence-corrected chi connectivity index (χ1v) is 5.48. The van der Waals surface area contributed by atoms with Gasteiger partial charge < -0.3 is 10.3 Å². The standard InChI is InChI=1S/C13H16N2O/c1-3-9(13(14)16)11-8-15(2)12-7-5-4-6-10(11)12/h4-9H,3H2,1-2H3,(H2,14,16). The molecule has 1 atom stereocenters.